The van der Waals surface area contributed by atoms with Gasteiger partial charge in [0.25, 0.3) is 5.79 Å². The Bertz CT molecular complexity index is 385. The number of hydrogen-bond acceptors (Lipinski definition) is 4. The molecule has 2 N–H and O–H groups in total. The summed E-state index contributed by atoms with van der Waals surface area (Å²) < 4.78 is 4.80. The van der Waals surface area contributed by atoms with Crippen LogP contribution in [0.15, 0.2) is 42.5 Å². The largest absolute Gasteiger partial charge is 0.423 e. The molecule has 1 aromatic carbocycles. The van der Waals surface area contributed by atoms with E-state index in [-0.39, 0.29) is 5.57 Å². The molecule has 0 radical (unpaired) electrons. The topological polar surface area (TPSA) is 66.8 Å². The molecular weight excluding hydrogens is 208 g/mol. The molecule has 0 fully saturated rings. The molecular formula is C12H14O4. The first-order valence-electron chi connectivity index (χ1n) is 4.77. The molecule has 1 aromatic rings. The van der Waals surface area contributed by atoms with Gasteiger partial charge in [-0.2, -0.15) is 0 Å². The minimum atomic E-state index is -2.02. The minimum absolute atomic E-state index is 0.155. The van der Waals surface area contributed by atoms with E-state index in [1.165, 1.54) is 6.92 Å². The number of rotatable bonds is 4. The van der Waals surface area contributed by atoms with Crippen molar-refractivity contribution < 1.29 is 19.7 Å². The normalized spacial score (nSPS) is 13.9. The van der Waals surface area contributed by atoms with Gasteiger partial charge in [0.1, 0.15) is 6.61 Å². The average molecular weight is 222 g/mol. The maximum atomic E-state index is 11.3. The number of aliphatic hydroxyl groups excluding tert-OH is 1. The molecule has 0 bridgehead atoms. The second-order valence-corrected chi connectivity index (χ2v) is 3.48. The molecule has 0 heterocycles. The van der Waals surface area contributed by atoms with Gasteiger partial charge >= 0.3 is 5.97 Å². The van der Waals surface area contributed by atoms with Gasteiger partial charge < -0.3 is 14.9 Å². The van der Waals surface area contributed by atoms with E-state index in [0.717, 1.165) is 0 Å². The zero-order valence-electron chi connectivity index (χ0n) is 9.01. The fourth-order valence-corrected chi connectivity index (χ4v) is 1.12. The molecule has 4 nitrogen and oxygen atoms in total. The summed E-state index contributed by atoms with van der Waals surface area (Å²) in [7, 11) is 0. The molecule has 16 heavy (non-hydrogen) atoms. The second-order valence-electron chi connectivity index (χ2n) is 3.48. The summed E-state index contributed by atoms with van der Waals surface area (Å²) in [6, 6.07) is 8.21. The van der Waals surface area contributed by atoms with Crippen molar-refractivity contribution in [2.45, 2.75) is 12.7 Å². The molecule has 86 valence electrons. The fraction of sp³-hybridized carbons (Fsp3) is 0.250. The number of aliphatic hydroxyl groups is 2. The first-order chi connectivity index (χ1) is 7.49. The smallest absolute Gasteiger partial charge is 0.335 e. The van der Waals surface area contributed by atoms with Gasteiger partial charge in [-0.15, -0.1) is 0 Å². The van der Waals surface area contributed by atoms with Crippen LogP contribution in [0, 0.1) is 0 Å². The Morgan fingerprint density at radius 2 is 2.00 bits per heavy atom. The van der Waals surface area contributed by atoms with E-state index in [1.54, 1.807) is 30.3 Å². The molecule has 0 spiro atoms. The van der Waals surface area contributed by atoms with E-state index in [0.29, 0.717) is 5.56 Å². The minimum Gasteiger partial charge on any atom is -0.423 e. The molecule has 0 aliphatic heterocycles. The van der Waals surface area contributed by atoms with E-state index < -0.39 is 18.4 Å². The number of esters is 1. The molecule has 1 rings (SSSR count). The zero-order chi connectivity index (χ0) is 12.2. The highest BCUT2D eigenvalue weighted by molar-refractivity contribution is 5.87. The third-order valence-electron chi connectivity index (χ3n) is 2.05. The maximum absolute atomic E-state index is 11.3. The summed E-state index contributed by atoms with van der Waals surface area (Å²) in [6.45, 7) is 4.15. The van der Waals surface area contributed by atoms with Crippen molar-refractivity contribution in [2.75, 3.05) is 6.61 Å². The molecule has 4 heteroatoms. The summed E-state index contributed by atoms with van der Waals surface area (Å²) in [5.41, 5.74) is 0.468. The standard InChI is InChI=1S/C12H14O4/c1-9(2)11(14)16-12(15,8-13)10-6-4-3-5-7-10/h3-7,13,15H,1,8H2,2H3. The lowest BCUT2D eigenvalue weighted by atomic mass is 10.1. The van der Waals surface area contributed by atoms with Crippen LogP contribution in [0.1, 0.15) is 12.5 Å². The Labute approximate surface area is 93.8 Å². The summed E-state index contributed by atoms with van der Waals surface area (Å²) in [5, 5.41) is 19.1. The SMILES string of the molecule is C=C(C)C(=O)OC(O)(CO)c1ccccc1. The van der Waals surface area contributed by atoms with E-state index in [1.807, 2.05) is 0 Å². The molecule has 1 unspecified atom stereocenters. The highest BCUT2D eigenvalue weighted by Gasteiger charge is 2.33. The van der Waals surface area contributed by atoms with Crippen LogP contribution in [0.2, 0.25) is 0 Å². The Morgan fingerprint density at radius 3 is 2.44 bits per heavy atom. The van der Waals surface area contributed by atoms with Crippen molar-refractivity contribution >= 4 is 5.97 Å². The van der Waals surface area contributed by atoms with Crippen molar-refractivity contribution in [1.82, 2.24) is 0 Å². The highest BCUT2D eigenvalue weighted by atomic mass is 16.7. The number of benzene rings is 1. The van der Waals surface area contributed by atoms with Gasteiger partial charge in [-0.25, -0.2) is 4.79 Å². The number of hydrogen-bond donors (Lipinski definition) is 2. The van der Waals surface area contributed by atoms with Crippen LogP contribution in [0.25, 0.3) is 0 Å². The van der Waals surface area contributed by atoms with Crippen molar-refractivity contribution in [3.63, 3.8) is 0 Å². The molecule has 0 aliphatic carbocycles. The van der Waals surface area contributed by atoms with Crippen molar-refractivity contribution in [1.29, 1.82) is 0 Å². The number of carbonyl (C=O) groups is 1. The maximum Gasteiger partial charge on any atom is 0.335 e. The number of carbonyl (C=O) groups excluding carboxylic acids is 1. The quantitative estimate of drug-likeness (QED) is 0.452. The first kappa shape index (κ1) is 12.4. The highest BCUT2D eigenvalue weighted by Crippen LogP contribution is 2.22. The van der Waals surface area contributed by atoms with Gasteiger partial charge in [0.05, 0.1) is 0 Å². The Balaban J connectivity index is 2.95. The van der Waals surface area contributed by atoms with Crippen LogP contribution in [0.5, 0.6) is 0 Å². The molecule has 0 saturated carbocycles. The summed E-state index contributed by atoms with van der Waals surface area (Å²) in [4.78, 5) is 11.3. The summed E-state index contributed by atoms with van der Waals surface area (Å²) in [5.74, 6) is -2.77. The summed E-state index contributed by atoms with van der Waals surface area (Å²) >= 11 is 0. The Hall–Kier alpha value is -1.65. The molecule has 0 aromatic heterocycles. The lowest BCUT2D eigenvalue weighted by molar-refractivity contribution is -0.226. The third kappa shape index (κ3) is 2.68. The molecule has 1 atom stereocenters. The predicted molar refractivity (Wildman–Crippen MR) is 58.3 cm³/mol. The van der Waals surface area contributed by atoms with Crippen LogP contribution >= 0.6 is 0 Å². The molecule has 0 aliphatic rings. The zero-order valence-corrected chi connectivity index (χ0v) is 9.01. The Morgan fingerprint density at radius 1 is 1.44 bits per heavy atom. The Kier molecular flexibility index (Phi) is 3.82. The van der Waals surface area contributed by atoms with Gasteiger partial charge in [-0.1, -0.05) is 36.9 Å². The van der Waals surface area contributed by atoms with E-state index in [4.69, 9.17) is 9.84 Å². The van der Waals surface area contributed by atoms with Gasteiger partial charge in [0.15, 0.2) is 0 Å². The van der Waals surface area contributed by atoms with Crippen LogP contribution in [-0.4, -0.2) is 22.8 Å². The first-order valence-corrected chi connectivity index (χ1v) is 4.77. The predicted octanol–water partition coefficient (Wildman–Crippen LogP) is 0.943. The van der Waals surface area contributed by atoms with Crippen molar-refractivity contribution in [3.05, 3.63) is 48.0 Å². The lowest BCUT2D eigenvalue weighted by Crippen LogP contribution is -2.36. The lowest BCUT2D eigenvalue weighted by Gasteiger charge is -2.26. The van der Waals surface area contributed by atoms with E-state index in [9.17, 15) is 9.90 Å². The van der Waals surface area contributed by atoms with Crippen LogP contribution in [0.3, 0.4) is 0 Å². The van der Waals surface area contributed by atoms with Crippen molar-refractivity contribution in [3.8, 4) is 0 Å². The fourth-order valence-electron chi connectivity index (χ4n) is 1.12. The second kappa shape index (κ2) is 4.92. The van der Waals surface area contributed by atoms with Crippen LogP contribution in [-0.2, 0) is 15.3 Å². The number of ether oxygens (including phenoxy) is 1. The average Bonchev–Trinajstić information content (AvgIpc) is 2.29. The van der Waals surface area contributed by atoms with Crippen LogP contribution < -0.4 is 0 Å². The van der Waals surface area contributed by atoms with E-state index in [2.05, 4.69) is 6.58 Å². The van der Waals surface area contributed by atoms with Gasteiger partial charge in [0, 0.05) is 11.1 Å². The van der Waals surface area contributed by atoms with Gasteiger partial charge in [-0.05, 0) is 6.92 Å². The van der Waals surface area contributed by atoms with Gasteiger partial charge in [-0.3, -0.25) is 0 Å². The summed E-state index contributed by atoms with van der Waals surface area (Å²) in [6.07, 6.45) is 0. The monoisotopic (exact) mass is 222 g/mol. The van der Waals surface area contributed by atoms with Gasteiger partial charge in [0.2, 0.25) is 0 Å². The molecule has 0 saturated heterocycles. The van der Waals surface area contributed by atoms with Crippen LogP contribution in [0.4, 0.5) is 0 Å². The van der Waals surface area contributed by atoms with E-state index >= 15 is 0 Å². The molecule has 0 amide bonds. The third-order valence-corrected chi connectivity index (χ3v) is 2.05. The van der Waals surface area contributed by atoms with Crippen molar-refractivity contribution in [2.24, 2.45) is 0 Å².